The Morgan fingerprint density at radius 3 is 2.56 bits per heavy atom. The third kappa shape index (κ3) is 1.78. The van der Waals surface area contributed by atoms with Crippen LogP contribution in [0.4, 0.5) is 5.82 Å². The number of anilines is 1. The summed E-state index contributed by atoms with van der Waals surface area (Å²) in [5.41, 5.74) is 0.939. The average molecular weight is 241 g/mol. The summed E-state index contributed by atoms with van der Waals surface area (Å²) < 4.78 is 26.3. The first-order valence-electron chi connectivity index (χ1n) is 4.54. The molecule has 0 saturated heterocycles. The summed E-state index contributed by atoms with van der Waals surface area (Å²) in [5, 5.41) is 12.6. The molecule has 0 bridgehead atoms. The maximum Gasteiger partial charge on any atom is 0.266 e. The minimum atomic E-state index is -3.62. The zero-order chi connectivity index (χ0) is 11.8. The number of sulfonamides is 1. The molecule has 2 rings (SSSR count). The van der Waals surface area contributed by atoms with Crippen molar-refractivity contribution in [3.05, 3.63) is 23.7 Å². The summed E-state index contributed by atoms with van der Waals surface area (Å²) in [6.45, 7) is 3.28. The van der Waals surface area contributed by atoms with E-state index in [2.05, 4.69) is 25.1 Å². The Hall–Kier alpha value is -1.83. The van der Waals surface area contributed by atoms with Crippen molar-refractivity contribution in [3.8, 4) is 0 Å². The number of aromatic amines is 2. The summed E-state index contributed by atoms with van der Waals surface area (Å²) in [5.74, 6) is 0.319. The first-order valence-corrected chi connectivity index (χ1v) is 6.03. The van der Waals surface area contributed by atoms with Gasteiger partial charge >= 0.3 is 0 Å². The molecule has 0 radical (unpaired) electrons. The van der Waals surface area contributed by atoms with Crippen LogP contribution in [0.15, 0.2) is 17.2 Å². The highest BCUT2D eigenvalue weighted by molar-refractivity contribution is 7.92. The molecule has 0 aliphatic carbocycles. The fourth-order valence-electron chi connectivity index (χ4n) is 1.45. The van der Waals surface area contributed by atoms with Crippen LogP contribution in [0.3, 0.4) is 0 Å². The number of nitrogens with one attached hydrogen (secondary N) is 3. The molecule has 0 amide bonds. The molecule has 2 aromatic rings. The lowest BCUT2D eigenvalue weighted by Crippen LogP contribution is -2.14. The third-order valence-electron chi connectivity index (χ3n) is 2.07. The van der Waals surface area contributed by atoms with Gasteiger partial charge in [-0.05, 0) is 13.8 Å². The van der Waals surface area contributed by atoms with E-state index < -0.39 is 10.0 Å². The van der Waals surface area contributed by atoms with Crippen molar-refractivity contribution in [3.63, 3.8) is 0 Å². The van der Waals surface area contributed by atoms with E-state index in [1.165, 1.54) is 12.3 Å². The molecule has 0 saturated carbocycles. The third-order valence-corrected chi connectivity index (χ3v) is 3.70. The van der Waals surface area contributed by atoms with Crippen LogP contribution >= 0.6 is 0 Å². The van der Waals surface area contributed by atoms with Crippen molar-refractivity contribution < 1.29 is 8.42 Å². The van der Waals surface area contributed by atoms with Gasteiger partial charge in [-0.2, -0.15) is 10.2 Å². The van der Waals surface area contributed by atoms with Gasteiger partial charge in [-0.25, -0.2) is 8.42 Å². The Morgan fingerprint density at radius 1 is 1.31 bits per heavy atom. The predicted octanol–water partition coefficient (Wildman–Crippen LogP) is 0.550. The number of aryl methyl sites for hydroxylation is 2. The molecule has 86 valence electrons. The fraction of sp³-hybridized carbons (Fsp3) is 0.250. The second-order valence-electron chi connectivity index (χ2n) is 3.34. The standard InChI is InChI=1S/C8H11N5O2S/c1-5-8(6(2)11-10-5)16(14,15)13-7-3-4-9-12-7/h3-4H,1-2H3,(H,10,11)(H2,9,12,13). The molecule has 2 heterocycles. The zero-order valence-corrected chi connectivity index (χ0v) is 9.59. The molecule has 7 nitrogen and oxygen atoms in total. The Balaban J connectivity index is 2.40. The van der Waals surface area contributed by atoms with E-state index in [0.717, 1.165) is 0 Å². The molecule has 0 spiro atoms. The Morgan fingerprint density at radius 2 is 2.06 bits per heavy atom. The molecule has 0 atom stereocenters. The van der Waals surface area contributed by atoms with Gasteiger partial charge in [0.25, 0.3) is 10.0 Å². The van der Waals surface area contributed by atoms with Crippen LogP contribution in [-0.2, 0) is 10.0 Å². The van der Waals surface area contributed by atoms with E-state index in [1.54, 1.807) is 13.8 Å². The van der Waals surface area contributed by atoms with E-state index in [9.17, 15) is 8.42 Å². The minimum absolute atomic E-state index is 0.169. The Kier molecular flexibility index (Phi) is 2.43. The van der Waals surface area contributed by atoms with Gasteiger partial charge in [0.15, 0.2) is 0 Å². The molecule has 16 heavy (non-hydrogen) atoms. The zero-order valence-electron chi connectivity index (χ0n) is 8.77. The molecule has 3 N–H and O–H groups in total. The molecule has 0 unspecified atom stereocenters. The van der Waals surface area contributed by atoms with Crippen molar-refractivity contribution in [1.82, 2.24) is 20.4 Å². The Bertz CT molecular complexity index is 564. The van der Waals surface area contributed by atoms with Gasteiger partial charge in [-0.1, -0.05) is 0 Å². The molecule has 0 aliphatic rings. The van der Waals surface area contributed by atoms with Crippen LogP contribution in [-0.4, -0.2) is 28.8 Å². The van der Waals surface area contributed by atoms with Gasteiger partial charge in [-0.3, -0.25) is 14.9 Å². The highest BCUT2D eigenvalue weighted by atomic mass is 32.2. The van der Waals surface area contributed by atoms with Crippen LogP contribution in [0.25, 0.3) is 0 Å². The quantitative estimate of drug-likeness (QED) is 0.730. The van der Waals surface area contributed by atoms with Crippen molar-refractivity contribution in [2.75, 3.05) is 4.72 Å². The van der Waals surface area contributed by atoms with Crippen molar-refractivity contribution in [2.24, 2.45) is 0 Å². The number of rotatable bonds is 3. The summed E-state index contributed by atoms with van der Waals surface area (Å²) in [6, 6.07) is 1.53. The molecule has 0 aromatic carbocycles. The van der Waals surface area contributed by atoms with Crippen LogP contribution in [0.2, 0.25) is 0 Å². The van der Waals surface area contributed by atoms with Gasteiger partial charge in [-0.15, -0.1) is 0 Å². The molecular weight excluding hydrogens is 230 g/mol. The number of aromatic nitrogens is 4. The highest BCUT2D eigenvalue weighted by Crippen LogP contribution is 2.19. The molecule has 0 aliphatic heterocycles. The number of nitrogens with zero attached hydrogens (tertiary/aromatic N) is 2. The molecule has 8 heteroatoms. The van der Waals surface area contributed by atoms with Crippen molar-refractivity contribution in [1.29, 1.82) is 0 Å². The normalized spacial score (nSPS) is 11.6. The summed E-state index contributed by atoms with van der Waals surface area (Å²) >= 11 is 0. The minimum Gasteiger partial charge on any atom is -0.281 e. The number of hydrogen-bond acceptors (Lipinski definition) is 4. The fourth-order valence-corrected chi connectivity index (χ4v) is 2.83. The van der Waals surface area contributed by atoms with E-state index in [0.29, 0.717) is 17.2 Å². The van der Waals surface area contributed by atoms with E-state index in [-0.39, 0.29) is 4.90 Å². The number of H-pyrrole nitrogens is 2. The smallest absolute Gasteiger partial charge is 0.266 e. The van der Waals surface area contributed by atoms with Crippen LogP contribution in [0.5, 0.6) is 0 Å². The first kappa shape index (κ1) is 10.7. The predicted molar refractivity (Wildman–Crippen MR) is 57.5 cm³/mol. The van der Waals surface area contributed by atoms with Gasteiger partial charge in [0, 0.05) is 6.07 Å². The van der Waals surface area contributed by atoms with Gasteiger partial charge < -0.3 is 0 Å². The lowest BCUT2D eigenvalue weighted by atomic mass is 10.4. The average Bonchev–Trinajstić information content (AvgIpc) is 2.76. The van der Waals surface area contributed by atoms with Gasteiger partial charge in [0.05, 0.1) is 17.6 Å². The topological polar surface area (TPSA) is 104 Å². The van der Waals surface area contributed by atoms with E-state index in [1.807, 2.05) is 0 Å². The van der Waals surface area contributed by atoms with Crippen LogP contribution in [0, 0.1) is 13.8 Å². The lowest BCUT2D eigenvalue weighted by molar-refractivity contribution is 0.600. The van der Waals surface area contributed by atoms with Crippen LogP contribution < -0.4 is 4.72 Å². The maximum absolute atomic E-state index is 12.0. The maximum atomic E-state index is 12.0. The molecule has 0 fully saturated rings. The highest BCUT2D eigenvalue weighted by Gasteiger charge is 2.22. The van der Waals surface area contributed by atoms with Gasteiger partial charge in [0.1, 0.15) is 10.7 Å². The van der Waals surface area contributed by atoms with E-state index >= 15 is 0 Å². The van der Waals surface area contributed by atoms with Crippen molar-refractivity contribution in [2.45, 2.75) is 18.7 Å². The largest absolute Gasteiger partial charge is 0.281 e. The summed E-state index contributed by atoms with van der Waals surface area (Å²) in [4.78, 5) is 0.169. The summed E-state index contributed by atoms with van der Waals surface area (Å²) in [7, 11) is -3.62. The lowest BCUT2D eigenvalue weighted by Gasteiger charge is -2.05. The second-order valence-corrected chi connectivity index (χ2v) is 4.96. The Labute approximate surface area is 92.3 Å². The van der Waals surface area contributed by atoms with Crippen LogP contribution in [0.1, 0.15) is 11.4 Å². The monoisotopic (exact) mass is 241 g/mol. The SMILES string of the molecule is Cc1n[nH]c(C)c1S(=O)(=O)Nc1ccn[nH]1. The second kappa shape index (κ2) is 3.63. The number of hydrogen-bond donors (Lipinski definition) is 3. The van der Waals surface area contributed by atoms with E-state index in [4.69, 9.17) is 0 Å². The molecular formula is C8H11N5O2S. The van der Waals surface area contributed by atoms with Crippen molar-refractivity contribution >= 4 is 15.8 Å². The molecule has 2 aromatic heterocycles. The van der Waals surface area contributed by atoms with Gasteiger partial charge in [0.2, 0.25) is 0 Å². The summed E-state index contributed by atoms with van der Waals surface area (Å²) in [6.07, 6.45) is 1.47. The first-order chi connectivity index (χ1) is 7.50.